The van der Waals surface area contributed by atoms with Crippen LogP contribution in [0.1, 0.15) is 0 Å². The smallest absolute Gasteiger partial charge is 0.0675 e. The molecule has 0 saturated carbocycles. The van der Waals surface area contributed by atoms with Gasteiger partial charge in [0.05, 0.1) is 11.4 Å². The predicted octanol–water partition coefficient (Wildman–Crippen LogP) is 1.61. The second-order valence-electron chi connectivity index (χ2n) is 2.41. The van der Waals surface area contributed by atoms with Crippen LogP contribution < -0.4 is 16.0 Å². The van der Waals surface area contributed by atoms with Gasteiger partial charge < -0.3 is 16.0 Å². The minimum atomic E-state index is 0.976. The van der Waals surface area contributed by atoms with Crippen LogP contribution in [0.2, 0.25) is 0 Å². The molecule has 0 aliphatic heterocycles. The van der Waals surface area contributed by atoms with Gasteiger partial charge in [-0.3, -0.25) is 0 Å². The van der Waals surface area contributed by atoms with Crippen molar-refractivity contribution < 1.29 is 0 Å². The molecule has 12 heavy (non-hydrogen) atoms. The average Bonchev–Trinajstić information content (AvgIpc) is 2.16. The van der Waals surface area contributed by atoms with Gasteiger partial charge >= 0.3 is 0 Å². The van der Waals surface area contributed by atoms with E-state index in [0.717, 1.165) is 17.1 Å². The highest BCUT2D eigenvalue weighted by Crippen LogP contribution is 2.23. The van der Waals surface area contributed by atoms with E-state index in [4.69, 9.17) is 0 Å². The lowest BCUT2D eigenvalue weighted by atomic mass is 10.2. The van der Waals surface area contributed by atoms with Crippen LogP contribution in [0.25, 0.3) is 0 Å². The second-order valence-corrected chi connectivity index (χ2v) is 2.41. The van der Waals surface area contributed by atoms with Gasteiger partial charge in [-0.25, -0.2) is 0 Å². The highest BCUT2D eigenvalue weighted by molar-refractivity contribution is 5.72. The van der Waals surface area contributed by atoms with E-state index in [1.807, 2.05) is 33.3 Å². The molecule has 0 aromatic heterocycles. The van der Waals surface area contributed by atoms with Crippen LogP contribution >= 0.6 is 0 Å². The zero-order chi connectivity index (χ0) is 8.97. The van der Waals surface area contributed by atoms with Gasteiger partial charge in [0.25, 0.3) is 0 Å². The van der Waals surface area contributed by atoms with Gasteiger partial charge in [-0.05, 0) is 12.1 Å². The van der Waals surface area contributed by atoms with E-state index in [2.05, 4.69) is 22.0 Å². The summed E-state index contributed by atoms with van der Waals surface area (Å²) in [4.78, 5) is 0. The summed E-state index contributed by atoms with van der Waals surface area (Å²) in [5.41, 5.74) is 3.01. The molecular weight excluding hydrogens is 150 g/mol. The van der Waals surface area contributed by atoms with Gasteiger partial charge in [-0.2, -0.15) is 0 Å². The number of nitrogens with one attached hydrogen (secondary N) is 3. The Hall–Kier alpha value is -1.38. The Kier molecular flexibility index (Phi) is 2.80. The Morgan fingerprint density at radius 2 is 1.75 bits per heavy atom. The molecule has 1 rings (SSSR count). The summed E-state index contributed by atoms with van der Waals surface area (Å²) in [5, 5.41) is 9.17. The zero-order valence-corrected chi connectivity index (χ0v) is 7.65. The van der Waals surface area contributed by atoms with Crippen molar-refractivity contribution in [3.05, 3.63) is 18.2 Å². The van der Waals surface area contributed by atoms with Gasteiger partial charge in [0, 0.05) is 32.9 Å². The van der Waals surface area contributed by atoms with E-state index in [1.54, 1.807) is 0 Å². The van der Waals surface area contributed by atoms with Crippen LogP contribution in [0.4, 0.5) is 17.1 Å². The Balaban J connectivity index is 3.02. The van der Waals surface area contributed by atoms with Crippen molar-refractivity contribution in [1.29, 1.82) is 0 Å². The van der Waals surface area contributed by atoms with E-state index < -0.39 is 0 Å². The van der Waals surface area contributed by atoms with Crippen LogP contribution in [-0.4, -0.2) is 21.1 Å². The fourth-order valence-electron chi connectivity index (χ4n) is 1.05. The Morgan fingerprint density at radius 3 is 2.25 bits per heavy atom. The lowest BCUT2D eigenvalue weighted by molar-refractivity contribution is 1.42. The van der Waals surface area contributed by atoms with Crippen molar-refractivity contribution in [3.8, 4) is 0 Å². The van der Waals surface area contributed by atoms with Crippen LogP contribution in [0.15, 0.2) is 12.1 Å². The average molecular weight is 164 g/mol. The number of anilines is 3. The molecule has 0 bridgehead atoms. The summed E-state index contributed by atoms with van der Waals surface area (Å²) in [7, 11) is 5.65. The maximum absolute atomic E-state index is 3.18. The summed E-state index contributed by atoms with van der Waals surface area (Å²) in [5.74, 6) is 0. The monoisotopic (exact) mass is 164 g/mol. The van der Waals surface area contributed by atoms with Crippen molar-refractivity contribution in [3.63, 3.8) is 0 Å². The van der Waals surface area contributed by atoms with Crippen molar-refractivity contribution >= 4 is 17.1 Å². The van der Waals surface area contributed by atoms with E-state index in [-0.39, 0.29) is 0 Å². The third-order valence-electron chi connectivity index (χ3n) is 1.73. The van der Waals surface area contributed by atoms with Crippen LogP contribution in [0.3, 0.4) is 0 Å². The molecule has 3 N–H and O–H groups in total. The largest absolute Gasteiger partial charge is 0.388 e. The minimum Gasteiger partial charge on any atom is -0.388 e. The van der Waals surface area contributed by atoms with Gasteiger partial charge in [-0.1, -0.05) is 0 Å². The molecule has 0 saturated heterocycles. The Bertz CT molecular complexity index is 258. The second kappa shape index (κ2) is 3.85. The molecule has 0 aliphatic carbocycles. The van der Waals surface area contributed by atoms with Crippen LogP contribution in [0.5, 0.6) is 0 Å². The standard InChI is InChI=1S/C9H14N3/c1-10-7-4-5-8(11-2)9(6-7)12-3/h4-5,10-12H,1-3H3. The van der Waals surface area contributed by atoms with Crippen molar-refractivity contribution in [2.45, 2.75) is 0 Å². The van der Waals surface area contributed by atoms with E-state index in [9.17, 15) is 0 Å². The summed E-state index contributed by atoms with van der Waals surface area (Å²) in [6.07, 6.45) is 0. The quantitative estimate of drug-likeness (QED) is 0.635. The zero-order valence-electron chi connectivity index (χ0n) is 7.65. The third kappa shape index (κ3) is 1.61. The first kappa shape index (κ1) is 8.71. The first-order chi connectivity index (χ1) is 5.81. The number of rotatable bonds is 3. The Morgan fingerprint density at radius 1 is 1.00 bits per heavy atom. The Labute approximate surface area is 73.2 Å². The first-order valence-corrected chi connectivity index (χ1v) is 3.91. The van der Waals surface area contributed by atoms with E-state index in [0.29, 0.717) is 0 Å². The molecule has 0 heterocycles. The summed E-state index contributed by atoms with van der Waals surface area (Å²) < 4.78 is 0. The molecule has 0 aliphatic rings. The molecule has 1 aromatic carbocycles. The minimum absolute atomic E-state index is 0.976. The molecule has 0 atom stereocenters. The fourth-order valence-corrected chi connectivity index (χ4v) is 1.05. The lowest BCUT2D eigenvalue weighted by Crippen LogP contribution is -1.98. The molecule has 1 radical (unpaired) electrons. The maximum Gasteiger partial charge on any atom is 0.0675 e. The van der Waals surface area contributed by atoms with E-state index >= 15 is 0 Å². The van der Waals surface area contributed by atoms with Gasteiger partial charge in [0.1, 0.15) is 0 Å². The summed E-state index contributed by atoms with van der Waals surface area (Å²) in [6.45, 7) is 0. The molecule has 0 spiro atoms. The molecule has 0 fully saturated rings. The van der Waals surface area contributed by atoms with Crippen molar-refractivity contribution in [1.82, 2.24) is 0 Å². The van der Waals surface area contributed by atoms with Crippen molar-refractivity contribution in [2.75, 3.05) is 37.1 Å². The van der Waals surface area contributed by atoms with Crippen LogP contribution in [-0.2, 0) is 0 Å². The first-order valence-electron chi connectivity index (χ1n) is 3.91. The molecule has 3 heteroatoms. The molecule has 0 unspecified atom stereocenters. The van der Waals surface area contributed by atoms with Crippen molar-refractivity contribution in [2.24, 2.45) is 0 Å². The molecule has 65 valence electrons. The highest BCUT2D eigenvalue weighted by atomic mass is 14.9. The molecule has 3 nitrogen and oxygen atoms in total. The molecular formula is C9H14N3. The maximum atomic E-state index is 3.18. The topological polar surface area (TPSA) is 36.1 Å². The normalized spacial score (nSPS) is 9.25. The van der Waals surface area contributed by atoms with Crippen LogP contribution in [0, 0.1) is 6.07 Å². The third-order valence-corrected chi connectivity index (χ3v) is 1.73. The number of hydrogen-bond donors (Lipinski definition) is 3. The highest BCUT2D eigenvalue weighted by Gasteiger charge is 1.99. The summed E-state index contributed by atoms with van der Waals surface area (Å²) in [6, 6.07) is 7.17. The predicted molar refractivity (Wildman–Crippen MR) is 53.9 cm³/mol. The number of benzene rings is 1. The fraction of sp³-hybridized carbons (Fsp3) is 0.333. The lowest BCUT2D eigenvalue weighted by Gasteiger charge is -2.09. The van der Waals surface area contributed by atoms with Gasteiger partial charge in [0.15, 0.2) is 0 Å². The van der Waals surface area contributed by atoms with Gasteiger partial charge in [-0.15, -0.1) is 0 Å². The number of hydrogen-bond acceptors (Lipinski definition) is 3. The SMILES string of the molecule is CNc1[c]c(NC)c(NC)cc1. The van der Waals surface area contributed by atoms with E-state index in [1.165, 1.54) is 0 Å². The summed E-state index contributed by atoms with van der Waals surface area (Å²) >= 11 is 0. The molecule has 1 aromatic rings. The molecule has 0 amide bonds. The van der Waals surface area contributed by atoms with Gasteiger partial charge in [0.2, 0.25) is 0 Å².